The van der Waals surface area contributed by atoms with Crippen molar-refractivity contribution < 1.29 is 52.0 Å². The SMILES string of the molecule is [N-]=[N+]=C1C=C(OCCCOP(=O)(O)O)C(Nc2ccccc2)=CC1OCCCOP(=O)(O)O. The average Bonchev–Trinajstić information content (AvgIpc) is 2.73. The zero-order valence-electron chi connectivity index (χ0n) is 17.4. The van der Waals surface area contributed by atoms with Crippen LogP contribution in [0, 0.1) is 0 Å². The molecule has 2 rings (SSSR count). The highest BCUT2D eigenvalue weighted by Crippen LogP contribution is 2.36. The van der Waals surface area contributed by atoms with Gasteiger partial charge >= 0.3 is 21.4 Å². The molecule has 1 aliphatic carbocycles. The van der Waals surface area contributed by atoms with E-state index in [1.165, 1.54) is 6.08 Å². The van der Waals surface area contributed by atoms with Gasteiger partial charge < -0.3 is 39.9 Å². The van der Waals surface area contributed by atoms with Gasteiger partial charge in [-0.1, -0.05) is 18.2 Å². The van der Waals surface area contributed by atoms with Crippen molar-refractivity contribution in [1.29, 1.82) is 0 Å². The Hall–Kier alpha value is -2.14. The van der Waals surface area contributed by atoms with E-state index in [4.69, 9.17) is 29.0 Å². The Kier molecular flexibility index (Phi) is 10.6. The highest BCUT2D eigenvalue weighted by atomic mass is 31.2. The van der Waals surface area contributed by atoms with Crippen molar-refractivity contribution in [3.8, 4) is 0 Å². The van der Waals surface area contributed by atoms with Gasteiger partial charge in [0.25, 0.3) is 0 Å². The molecule has 182 valence electrons. The minimum absolute atomic E-state index is 0.0581. The van der Waals surface area contributed by atoms with E-state index in [0.717, 1.165) is 5.69 Å². The van der Waals surface area contributed by atoms with Gasteiger partial charge in [0.15, 0.2) is 6.10 Å². The zero-order chi connectivity index (χ0) is 24.3. The number of nitrogens with one attached hydrogen (secondary N) is 1. The molecule has 1 aromatic carbocycles. The minimum Gasteiger partial charge on any atom is -0.491 e. The largest absolute Gasteiger partial charge is 0.491 e. The Morgan fingerprint density at radius 3 is 2.12 bits per heavy atom. The highest BCUT2D eigenvalue weighted by Gasteiger charge is 2.29. The van der Waals surface area contributed by atoms with Crippen LogP contribution in [0.3, 0.4) is 0 Å². The lowest BCUT2D eigenvalue weighted by Gasteiger charge is -2.21. The highest BCUT2D eigenvalue weighted by molar-refractivity contribution is 7.46. The Labute approximate surface area is 189 Å². The maximum Gasteiger partial charge on any atom is 0.469 e. The molecule has 1 unspecified atom stereocenters. The molecule has 0 radical (unpaired) electrons. The second-order valence-corrected chi connectivity index (χ2v) is 9.08. The van der Waals surface area contributed by atoms with Gasteiger partial charge in [0.1, 0.15) is 5.76 Å². The summed E-state index contributed by atoms with van der Waals surface area (Å²) in [6.45, 7) is -0.319. The van der Waals surface area contributed by atoms with Crippen LogP contribution in [0.2, 0.25) is 0 Å². The molecule has 0 fully saturated rings. The van der Waals surface area contributed by atoms with Gasteiger partial charge in [-0.15, -0.1) is 0 Å². The van der Waals surface area contributed by atoms with Crippen LogP contribution in [0.25, 0.3) is 5.53 Å². The van der Waals surface area contributed by atoms with E-state index in [9.17, 15) is 14.7 Å². The molecule has 1 aromatic rings. The van der Waals surface area contributed by atoms with Crippen LogP contribution in [-0.2, 0) is 27.7 Å². The fourth-order valence-corrected chi connectivity index (χ4v) is 3.34. The summed E-state index contributed by atoms with van der Waals surface area (Å²) in [4.78, 5) is 38.1. The second-order valence-electron chi connectivity index (χ2n) is 6.60. The summed E-state index contributed by atoms with van der Waals surface area (Å²) in [5, 5.41) is 3.16. The molecular formula is C18H25N3O10P2. The van der Waals surface area contributed by atoms with Crippen LogP contribution in [0.15, 0.2) is 53.9 Å². The van der Waals surface area contributed by atoms with Crippen LogP contribution >= 0.6 is 15.6 Å². The standard InChI is InChI=1S/C18H25N3O10P2/c19-21-16-13-17(28-8-4-10-30-32(22,23)24)15(20-14-6-2-1-3-7-14)12-18(16)29-9-5-11-31-33(25,26)27/h1-3,6-7,12-13,18,20H,4-5,8-11H2,(H2,22,23,24)(H2,25,26,27). The first-order valence-corrected chi connectivity index (χ1v) is 12.8. The van der Waals surface area contributed by atoms with E-state index in [0.29, 0.717) is 11.5 Å². The summed E-state index contributed by atoms with van der Waals surface area (Å²) in [5.74, 6) is 0.299. The van der Waals surface area contributed by atoms with Gasteiger partial charge in [-0.05, 0) is 24.6 Å². The van der Waals surface area contributed by atoms with Crippen molar-refractivity contribution in [2.24, 2.45) is 0 Å². The Balaban J connectivity index is 2.04. The van der Waals surface area contributed by atoms with Gasteiger partial charge in [-0.25, -0.2) is 9.13 Å². The summed E-state index contributed by atoms with van der Waals surface area (Å²) >= 11 is 0. The molecule has 33 heavy (non-hydrogen) atoms. The molecule has 15 heteroatoms. The van der Waals surface area contributed by atoms with Gasteiger partial charge in [0, 0.05) is 12.1 Å². The molecule has 5 N–H and O–H groups in total. The van der Waals surface area contributed by atoms with Crippen LogP contribution in [-0.4, -0.2) is 62.6 Å². The Bertz CT molecular complexity index is 982. The van der Waals surface area contributed by atoms with Crippen molar-refractivity contribution in [2.45, 2.75) is 18.9 Å². The van der Waals surface area contributed by atoms with Crippen molar-refractivity contribution in [1.82, 2.24) is 0 Å². The summed E-state index contributed by atoms with van der Waals surface area (Å²) in [7, 11) is -9.12. The molecule has 1 aliphatic rings. The van der Waals surface area contributed by atoms with E-state index in [1.807, 2.05) is 30.3 Å². The molecule has 13 nitrogen and oxygen atoms in total. The number of ether oxygens (including phenoxy) is 2. The monoisotopic (exact) mass is 505 g/mol. The number of rotatable bonds is 14. The van der Waals surface area contributed by atoms with Crippen molar-refractivity contribution in [3.05, 3.63) is 59.5 Å². The first kappa shape index (κ1) is 27.1. The zero-order valence-corrected chi connectivity index (χ0v) is 19.2. The van der Waals surface area contributed by atoms with Crippen molar-refractivity contribution in [2.75, 3.05) is 31.7 Å². The van der Waals surface area contributed by atoms with Crippen LogP contribution in [0.4, 0.5) is 5.69 Å². The molecule has 0 saturated heterocycles. The Morgan fingerprint density at radius 1 is 0.939 bits per heavy atom. The summed E-state index contributed by atoms with van der Waals surface area (Å²) in [6, 6.07) is 9.13. The normalized spacial score (nSPS) is 16.6. The number of hydrogen-bond acceptors (Lipinski definition) is 7. The lowest BCUT2D eigenvalue weighted by atomic mass is 10.0. The maximum atomic E-state index is 10.7. The summed E-state index contributed by atoms with van der Waals surface area (Å²) in [6.07, 6.45) is 2.62. The van der Waals surface area contributed by atoms with Gasteiger partial charge in [0.2, 0.25) is 0 Å². The van der Waals surface area contributed by atoms with E-state index in [-0.39, 0.29) is 45.0 Å². The molecule has 0 heterocycles. The topological polar surface area (TPSA) is 200 Å². The fraction of sp³-hybridized carbons (Fsp3) is 0.389. The molecule has 0 aliphatic heterocycles. The molecule has 0 aromatic heterocycles. The van der Waals surface area contributed by atoms with E-state index in [1.54, 1.807) is 6.08 Å². The Morgan fingerprint density at radius 2 is 1.55 bits per heavy atom. The smallest absolute Gasteiger partial charge is 0.469 e. The molecule has 0 amide bonds. The summed E-state index contributed by atoms with van der Waals surface area (Å²) in [5.41, 5.74) is 10.7. The average molecular weight is 505 g/mol. The molecule has 0 spiro atoms. The fourth-order valence-electron chi connectivity index (χ4n) is 2.61. The number of hydrogen-bond donors (Lipinski definition) is 5. The maximum absolute atomic E-state index is 10.7. The summed E-state index contributed by atoms with van der Waals surface area (Å²) < 4.78 is 41.5. The molecular weight excluding hydrogens is 480 g/mol. The second kappa shape index (κ2) is 12.9. The third kappa shape index (κ3) is 11.0. The lowest BCUT2D eigenvalue weighted by molar-refractivity contribution is -0.0240. The van der Waals surface area contributed by atoms with Crippen LogP contribution in [0.5, 0.6) is 0 Å². The van der Waals surface area contributed by atoms with Crippen LogP contribution in [0.1, 0.15) is 12.8 Å². The molecule has 0 saturated carbocycles. The first-order valence-electron chi connectivity index (χ1n) is 9.70. The third-order valence-corrected chi connectivity index (χ3v) is 5.01. The van der Waals surface area contributed by atoms with Gasteiger partial charge in [-0.2, -0.15) is 4.79 Å². The number of phosphoric ester groups is 2. The quantitative estimate of drug-likeness (QED) is 0.107. The van der Waals surface area contributed by atoms with Crippen molar-refractivity contribution >= 4 is 27.0 Å². The first-order chi connectivity index (χ1) is 15.6. The minimum atomic E-state index is -4.56. The van der Waals surface area contributed by atoms with Crippen LogP contribution < -0.4 is 5.32 Å². The predicted octanol–water partition coefficient (Wildman–Crippen LogP) is 1.95. The molecule has 1 atom stereocenters. The number of para-hydroxylation sites is 1. The van der Waals surface area contributed by atoms with E-state index < -0.39 is 21.7 Å². The number of nitrogens with zero attached hydrogens (tertiary/aromatic N) is 2. The molecule has 0 bridgehead atoms. The lowest BCUT2D eigenvalue weighted by Crippen LogP contribution is -2.28. The number of anilines is 1. The number of benzene rings is 1. The predicted molar refractivity (Wildman–Crippen MR) is 116 cm³/mol. The van der Waals surface area contributed by atoms with Gasteiger partial charge in [0.05, 0.1) is 38.2 Å². The van der Waals surface area contributed by atoms with E-state index in [2.05, 4.69) is 19.2 Å². The van der Waals surface area contributed by atoms with Crippen molar-refractivity contribution in [3.63, 3.8) is 0 Å². The van der Waals surface area contributed by atoms with Gasteiger partial charge in [-0.3, -0.25) is 9.05 Å². The number of phosphoric acid groups is 2. The van der Waals surface area contributed by atoms with E-state index >= 15 is 0 Å². The third-order valence-electron chi connectivity index (χ3n) is 3.97.